The Morgan fingerprint density at radius 1 is 1.64 bits per heavy atom. The Bertz CT molecular complexity index is 235. The van der Waals surface area contributed by atoms with Crippen LogP contribution in [0.4, 0.5) is 0 Å². The molecule has 0 bridgehead atoms. The fourth-order valence-corrected chi connectivity index (χ4v) is 0.974. The summed E-state index contributed by atoms with van der Waals surface area (Å²) in [6.07, 6.45) is 6.50. The van der Waals surface area contributed by atoms with E-state index in [1.807, 2.05) is 0 Å². The van der Waals surface area contributed by atoms with Gasteiger partial charge in [0, 0.05) is 11.0 Å². The third-order valence-electron chi connectivity index (χ3n) is 1.92. The van der Waals surface area contributed by atoms with Crippen molar-refractivity contribution in [2.24, 2.45) is 11.7 Å². The minimum absolute atomic E-state index is 0.248. The summed E-state index contributed by atoms with van der Waals surface area (Å²) in [6, 6.07) is 0. The summed E-state index contributed by atoms with van der Waals surface area (Å²) < 4.78 is 0. The van der Waals surface area contributed by atoms with Gasteiger partial charge in [-0.1, -0.05) is 25.2 Å². The molecule has 2 unspecified atom stereocenters. The molecule has 0 aliphatic heterocycles. The topological polar surface area (TPSA) is 69.2 Å². The van der Waals surface area contributed by atoms with Crippen LogP contribution in [-0.4, -0.2) is 10.6 Å². The van der Waals surface area contributed by atoms with Crippen LogP contribution < -0.4 is 5.73 Å². The molecule has 0 spiro atoms. The molecule has 0 amide bonds. The highest BCUT2D eigenvalue weighted by atomic mass is 16.6. The second kappa shape index (κ2) is 2.47. The van der Waals surface area contributed by atoms with Crippen LogP contribution in [0.1, 0.15) is 6.92 Å². The lowest BCUT2D eigenvalue weighted by Gasteiger charge is -2.23. The van der Waals surface area contributed by atoms with Crippen molar-refractivity contribution in [1.29, 1.82) is 0 Å². The number of nitrogens with two attached hydrogens (primary N) is 1. The molecule has 1 aliphatic carbocycles. The quantitative estimate of drug-likeness (QED) is 0.343. The van der Waals surface area contributed by atoms with Gasteiger partial charge in [-0.25, -0.2) is 0 Å². The number of rotatable bonds is 1. The van der Waals surface area contributed by atoms with Crippen molar-refractivity contribution in [3.63, 3.8) is 0 Å². The summed E-state index contributed by atoms with van der Waals surface area (Å²) in [4.78, 5) is 10.0. The van der Waals surface area contributed by atoms with E-state index in [0.717, 1.165) is 0 Å². The van der Waals surface area contributed by atoms with Crippen molar-refractivity contribution >= 4 is 0 Å². The lowest BCUT2D eigenvalue weighted by Crippen LogP contribution is -2.51. The van der Waals surface area contributed by atoms with Gasteiger partial charge in [-0.3, -0.25) is 15.8 Å². The average Bonchev–Trinajstić information content (AvgIpc) is 1.95. The van der Waals surface area contributed by atoms with E-state index in [-0.39, 0.29) is 5.92 Å². The average molecular weight is 154 g/mol. The Morgan fingerprint density at radius 2 is 2.27 bits per heavy atom. The first-order valence-corrected chi connectivity index (χ1v) is 3.37. The monoisotopic (exact) mass is 154 g/mol. The number of hydrogen-bond acceptors (Lipinski definition) is 3. The van der Waals surface area contributed by atoms with Crippen molar-refractivity contribution in [2.45, 2.75) is 12.6 Å². The maximum atomic E-state index is 10.5. The van der Waals surface area contributed by atoms with Gasteiger partial charge in [-0.2, -0.15) is 0 Å². The Hall–Kier alpha value is -1.16. The van der Waals surface area contributed by atoms with Crippen LogP contribution in [-0.2, 0) is 0 Å². The van der Waals surface area contributed by atoms with Gasteiger partial charge in [0.15, 0.2) is 0 Å². The SMILES string of the molecule is CC1C=CC=CC1(N)[N+](=O)[O-]. The molecule has 0 saturated carbocycles. The smallest absolute Gasteiger partial charge is 0.262 e. The Kier molecular flexibility index (Phi) is 1.78. The van der Waals surface area contributed by atoms with E-state index in [4.69, 9.17) is 5.73 Å². The Morgan fingerprint density at radius 3 is 2.64 bits per heavy atom. The van der Waals surface area contributed by atoms with Crippen molar-refractivity contribution in [2.75, 3.05) is 0 Å². The zero-order chi connectivity index (χ0) is 8.48. The first kappa shape index (κ1) is 7.94. The third-order valence-corrected chi connectivity index (χ3v) is 1.92. The van der Waals surface area contributed by atoms with Gasteiger partial charge in [0.1, 0.15) is 0 Å². The van der Waals surface area contributed by atoms with Gasteiger partial charge in [-0.15, -0.1) is 0 Å². The molecule has 2 N–H and O–H groups in total. The van der Waals surface area contributed by atoms with Gasteiger partial charge in [0.05, 0.1) is 5.92 Å². The largest absolute Gasteiger partial charge is 0.297 e. The molecule has 60 valence electrons. The van der Waals surface area contributed by atoms with Crippen molar-refractivity contribution in [3.05, 3.63) is 34.4 Å². The molecule has 0 aromatic carbocycles. The zero-order valence-corrected chi connectivity index (χ0v) is 6.23. The summed E-state index contributed by atoms with van der Waals surface area (Å²) in [6.45, 7) is 1.72. The normalized spacial score (nSPS) is 35.6. The third kappa shape index (κ3) is 1.17. The van der Waals surface area contributed by atoms with Gasteiger partial charge in [-0.05, 0) is 0 Å². The molecule has 0 heterocycles. The van der Waals surface area contributed by atoms with Crippen LogP contribution in [0.2, 0.25) is 0 Å². The van der Waals surface area contributed by atoms with E-state index in [9.17, 15) is 10.1 Å². The predicted octanol–water partition coefficient (Wildman–Crippen LogP) is 0.680. The highest BCUT2D eigenvalue weighted by Crippen LogP contribution is 2.21. The summed E-state index contributed by atoms with van der Waals surface area (Å²) >= 11 is 0. The highest BCUT2D eigenvalue weighted by Gasteiger charge is 2.41. The first-order valence-electron chi connectivity index (χ1n) is 3.37. The van der Waals surface area contributed by atoms with Crippen molar-refractivity contribution in [1.82, 2.24) is 0 Å². The molecule has 0 aromatic rings. The zero-order valence-electron chi connectivity index (χ0n) is 6.23. The van der Waals surface area contributed by atoms with Gasteiger partial charge in [0.25, 0.3) is 5.66 Å². The molecule has 0 fully saturated rings. The van der Waals surface area contributed by atoms with E-state index < -0.39 is 10.6 Å². The van der Waals surface area contributed by atoms with Gasteiger partial charge < -0.3 is 0 Å². The van der Waals surface area contributed by atoms with Gasteiger partial charge >= 0.3 is 0 Å². The Labute approximate surface area is 64.5 Å². The molecule has 0 saturated heterocycles. The first-order chi connectivity index (χ1) is 5.07. The van der Waals surface area contributed by atoms with E-state index >= 15 is 0 Å². The van der Waals surface area contributed by atoms with Crippen LogP contribution in [0.5, 0.6) is 0 Å². The lowest BCUT2D eigenvalue weighted by molar-refractivity contribution is -0.561. The van der Waals surface area contributed by atoms with E-state index in [1.165, 1.54) is 6.08 Å². The van der Waals surface area contributed by atoms with Crippen LogP contribution in [0.25, 0.3) is 0 Å². The van der Waals surface area contributed by atoms with Crippen LogP contribution in [0.15, 0.2) is 24.3 Å². The molecule has 4 heteroatoms. The highest BCUT2D eigenvalue weighted by molar-refractivity contribution is 5.18. The number of nitro groups is 1. The standard InChI is InChI=1S/C7H10N2O2/c1-6-4-2-3-5-7(6,8)9(10)11/h2-6H,8H2,1H3. The maximum Gasteiger partial charge on any atom is 0.297 e. The number of nitrogens with zero attached hydrogens (tertiary/aromatic N) is 1. The van der Waals surface area contributed by atoms with Crippen LogP contribution in [0.3, 0.4) is 0 Å². The maximum absolute atomic E-state index is 10.5. The predicted molar refractivity (Wildman–Crippen MR) is 41.4 cm³/mol. The van der Waals surface area contributed by atoms with Gasteiger partial charge in [0.2, 0.25) is 0 Å². The Balaban J connectivity index is 2.94. The van der Waals surface area contributed by atoms with Crippen LogP contribution in [0, 0.1) is 16.0 Å². The molecule has 0 radical (unpaired) electrons. The fourth-order valence-electron chi connectivity index (χ4n) is 0.974. The minimum Gasteiger partial charge on any atom is -0.262 e. The van der Waals surface area contributed by atoms with Crippen molar-refractivity contribution in [3.8, 4) is 0 Å². The molecule has 1 rings (SSSR count). The van der Waals surface area contributed by atoms with Crippen molar-refractivity contribution < 1.29 is 4.92 Å². The minimum atomic E-state index is -1.41. The molecule has 2 atom stereocenters. The van der Waals surface area contributed by atoms with E-state index in [2.05, 4.69) is 0 Å². The lowest BCUT2D eigenvalue weighted by atomic mass is 9.91. The van der Waals surface area contributed by atoms with E-state index in [1.54, 1.807) is 25.2 Å². The van der Waals surface area contributed by atoms with E-state index in [0.29, 0.717) is 0 Å². The number of allylic oxidation sites excluding steroid dienone is 2. The molecule has 11 heavy (non-hydrogen) atoms. The second-order valence-electron chi connectivity index (χ2n) is 2.68. The number of hydrogen-bond donors (Lipinski definition) is 1. The fraction of sp³-hybridized carbons (Fsp3) is 0.429. The molecular weight excluding hydrogens is 144 g/mol. The second-order valence-corrected chi connectivity index (χ2v) is 2.68. The molecule has 1 aliphatic rings. The molecule has 4 nitrogen and oxygen atoms in total. The summed E-state index contributed by atoms with van der Waals surface area (Å²) in [5, 5.41) is 10.5. The van der Waals surface area contributed by atoms with Crippen LogP contribution >= 0.6 is 0 Å². The molecule has 0 aromatic heterocycles. The summed E-state index contributed by atoms with van der Waals surface area (Å²) in [5.74, 6) is -0.248. The molecular formula is C7H10N2O2. The summed E-state index contributed by atoms with van der Waals surface area (Å²) in [7, 11) is 0. The summed E-state index contributed by atoms with van der Waals surface area (Å²) in [5.41, 5.74) is 4.10.